The Morgan fingerprint density at radius 1 is 1.13 bits per heavy atom. The smallest absolute Gasteiger partial charge is 0.254 e. The number of amides is 1. The summed E-state index contributed by atoms with van der Waals surface area (Å²) < 4.78 is 39.5. The Kier molecular flexibility index (Phi) is 4.61. The van der Waals surface area contributed by atoms with Crippen LogP contribution in [0.2, 0.25) is 0 Å². The summed E-state index contributed by atoms with van der Waals surface area (Å²) in [5, 5.41) is -0.609. The third-order valence-electron chi connectivity index (χ3n) is 6.34. The van der Waals surface area contributed by atoms with Gasteiger partial charge in [0, 0.05) is 25.2 Å². The first-order valence-corrected chi connectivity index (χ1v) is 11.6. The zero-order valence-corrected chi connectivity index (χ0v) is 17.5. The molecule has 0 N–H and O–H groups in total. The summed E-state index contributed by atoms with van der Waals surface area (Å²) in [7, 11) is -1.92. The SMILES string of the molecule is COc1ccc(CN2C[C@@]34CN(C(=O)c5ccccc5)C[C@@H](C[C@@H]3S2(=O)=O)O4)cc1. The first kappa shape index (κ1) is 19.5. The van der Waals surface area contributed by atoms with E-state index in [1.807, 2.05) is 42.5 Å². The predicted octanol–water partition coefficient (Wildman–Crippen LogP) is 1.89. The van der Waals surface area contributed by atoms with Crippen molar-refractivity contribution in [1.82, 2.24) is 9.21 Å². The number of methoxy groups -OCH3 is 1. The van der Waals surface area contributed by atoms with Crippen LogP contribution in [0.1, 0.15) is 22.3 Å². The molecule has 7 nitrogen and oxygen atoms in total. The first-order valence-electron chi connectivity index (χ1n) is 10.1. The van der Waals surface area contributed by atoms with E-state index in [1.54, 1.807) is 24.1 Å². The van der Waals surface area contributed by atoms with Gasteiger partial charge < -0.3 is 14.4 Å². The Balaban J connectivity index is 1.39. The van der Waals surface area contributed by atoms with Gasteiger partial charge in [-0.3, -0.25) is 4.79 Å². The van der Waals surface area contributed by atoms with E-state index in [1.165, 1.54) is 4.31 Å². The molecule has 3 fully saturated rings. The Hall–Kier alpha value is -2.42. The van der Waals surface area contributed by atoms with Crippen LogP contribution in [0.3, 0.4) is 0 Å². The normalized spacial score (nSPS) is 29.6. The van der Waals surface area contributed by atoms with Gasteiger partial charge in [-0.05, 0) is 36.2 Å². The van der Waals surface area contributed by atoms with Crippen LogP contribution in [-0.4, -0.2) is 67.2 Å². The summed E-state index contributed by atoms with van der Waals surface area (Å²) in [6, 6.07) is 16.5. The molecule has 1 spiro atoms. The predicted molar refractivity (Wildman–Crippen MR) is 111 cm³/mol. The van der Waals surface area contributed by atoms with E-state index in [2.05, 4.69) is 0 Å². The minimum atomic E-state index is -3.52. The molecular weight excluding hydrogens is 404 g/mol. The molecule has 3 atom stereocenters. The van der Waals surface area contributed by atoms with Crippen LogP contribution in [0.5, 0.6) is 5.75 Å². The lowest BCUT2D eigenvalue weighted by Crippen LogP contribution is -2.56. The van der Waals surface area contributed by atoms with Crippen molar-refractivity contribution >= 4 is 15.9 Å². The van der Waals surface area contributed by atoms with Gasteiger partial charge in [-0.2, -0.15) is 4.31 Å². The number of fused-ring (bicyclic) bond motifs is 1. The van der Waals surface area contributed by atoms with Crippen molar-refractivity contribution in [2.75, 3.05) is 26.7 Å². The van der Waals surface area contributed by atoms with Crippen molar-refractivity contribution in [3.63, 3.8) is 0 Å². The number of nitrogens with zero attached hydrogens (tertiary/aromatic N) is 2. The van der Waals surface area contributed by atoms with E-state index < -0.39 is 20.9 Å². The average Bonchev–Trinajstić information content (AvgIpc) is 3.13. The molecule has 3 saturated heterocycles. The number of carbonyl (C=O) groups is 1. The van der Waals surface area contributed by atoms with Crippen molar-refractivity contribution in [2.24, 2.45) is 0 Å². The monoisotopic (exact) mass is 428 g/mol. The fourth-order valence-electron chi connectivity index (χ4n) is 4.94. The maximum Gasteiger partial charge on any atom is 0.254 e. The van der Waals surface area contributed by atoms with Gasteiger partial charge in [0.15, 0.2) is 0 Å². The zero-order chi connectivity index (χ0) is 20.9. The van der Waals surface area contributed by atoms with E-state index >= 15 is 0 Å². The summed E-state index contributed by atoms with van der Waals surface area (Å²) in [4.78, 5) is 14.8. The molecule has 5 rings (SSSR count). The third kappa shape index (κ3) is 3.10. The highest BCUT2D eigenvalue weighted by Gasteiger charge is 2.65. The minimum Gasteiger partial charge on any atom is -0.497 e. The first-order chi connectivity index (χ1) is 14.4. The number of likely N-dealkylation sites (tertiary alicyclic amines) is 1. The molecule has 0 aliphatic carbocycles. The van der Waals surface area contributed by atoms with E-state index in [0.717, 1.165) is 11.3 Å². The molecule has 30 heavy (non-hydrogen) atoms. The Morgan fingerprint density at radius 3 is 2.57 bits per heavy atom. The molecule has 3 aliphatic rings. The van der Waals surface area contributed by atoms with Crippen molar-refractivity contribution in [2.45, 2.75) is 29.9 Å². The molecule has 2 aromatic carbocycles. The van der Waals surface area contributed by atoms with Crippen molar-refractivity contribution in [3.05, 3.63) is 65.7 Å². The molecule has 0 aromatic heterocycles. The number of hydrogen-bond donors (Lipinski definition) is 0. The molecule has 0 radical (unpaired) electrons. The van der Waals surface area contributed by atoms with Gasteiger partial charge in [-0.1, -0.05) is 30.3 Å². The summed E-state index contributed by atoms with van der Waals surface area (Å²) in [5.41, 5.74) is 0.640. The van der Waals surface area contributed by atoms with Gasteiger partial charge >= 0.3 is 0 Å². The van der Waals surface area contributed by atoms with E-state index in [-0.39, 0.29) is 25.1 Å². The quantitative estimate of drug-likeness (QED) is 0.744. The van der Waals surface area contributed by atoms with E-state index in [9.17, 15) is 13.2 Å². The van der Waals surface area contributed by atoms with Gasteiger partial charge in [0.2, 0.25) is 10.0 Å². The van der Waals surface area contributed by atoms with Gasteiger partial charge in [0.25, 0.3) is 5.91 Å². The topological polar surface area (TPSA) is 76.2 Å². The third-order valence-corrected chi connectivity index (χ3v) is 8.66. The molecule has 2 aromatic rings. The molecule has 3 aliphatic heterocycles. The maximum atomic E-state index is 13.3. The number of morpholine rings is 1. The minimum absolute atomic E-state index is 0.0741. The lowest BCUT2D eigenvalue weighted by atomic mass is 9.99. The Labute approximate surface area is 176 Å². The second-order valence-electron chi connectivity index (χ2n) is 8.24. The van der Waals surface area contributed by atoms with Crippen molar-refractivity contribution < 1.29 is 22.7 Å². The number of carbonyl (C=O) groups excluding carboxylic acids is 1. The molecular formula is C22H24N2O5S. The second-order valence-corrected chi connectivity index (χ2v) is 10.4. The maximum absolute atomic E-state index is 13.3. The Bertz CT molecular complexity index is 1060. The van der Waals surface area contributed by atoms with Crippen LogP contribution in [0, 0.1) is 0 Å². The fourth-order valence-corrected chi connectivity index (χ4v) is 7.24. The number of hydrogen-bond acceptors (Lipinski definition) is 5. The lowest BCUT2D eigenvalue weighted by Gasteiger charge is -2.39. The molecule has 1 amide bonds. The largest absolute Gasteiger partial charge is 0.497 e. The molecule has 0 unspecified atom stereocenters. The van der Waals surface area contributed by atoms with Crippen molar-refractivity contribution in [3.8, 4) is 5.75 Å². The fraction of sp³-hybridized carbons (Fsp3) is 0.409. The highest BCUT2D eigenvalue weighted by Crippen LogP contribution is 2.47. The van der Waals surface area contributed by atoms with Crippen LogP contribution >= 0.6 is 0 Å². The van der Waals surface area contributed by atoms with Crippen LogP contribution in [0.25, 0.3) is 0 Å². The number of rotatable bonds is 4. The average molecular weight is 429 g/mol. The highest BCUT2D eigenvalue weighted by molar-refractivity contribution is 7.90. The van der Waals surface area contributed by atoms with Crippen molar-refractivity contribution in [1.29, 1.82) is 0 Å². The lowest BCUT2D eigenvalue weighted by molar-refractivity contribution is -0.0980. The van der Waals surface area contributed by atoms with E-state index in [0.29, 0.717) is 25.1 Å². The van der Waals surface area contributed by atoms with Gasteiger partial charge in [0.05, 0.1) is 19.8 Å². The summed E-state index contributed by atoms with van der Waals surface area (Å²) in [6.45, 7) is 1.27. The van der Waals surface area contributed by atoms with Gasteiger partial charge in [-0.15, -0.1) is 0 Å². The molecule has 0 saturated carbocycles. The van der Waals surface area contributed by atoms with Crippen LogP contribution < -0.4 is 4.74 Å². The van der Waals surface area contributed by atoms with Gasteiger partial charge in [0.1, 0.15) is 16.6 Å². The van der Waals surface area contributed by atoms with Gasteiger partial charge in [-0.25, -0.2) is 8.42 Å². The van der Waals surface area contributed by atoms with Crippen LogP contribution in [0.15, 0.2) is 54.6 Å². The second kappa shape index (κ2) is 7.08. The summed E-state index contributed by atoms with van der Waals surface area (Å²) in [5.74, 6) is 0.655. The van der Waals surface area contributed by atoms with Crippen LogP contribution in [0.4, 0.5) is 0 Å². The van der Waals surface area contributed by atoms with Crippen LogP contribution in [-0.2, 0) is 21.3 Å². The zero-order valence-electron chi connectivity index (χ0n) is 16.7. The molecule has 2 bridgehead atoms. The molecule has 8 heteroatoms. The molecule has 3 heterocycles. The van der Waals surface area contributed by atoms with E-state index in [4.69, 9.17) is 9.47 Å². The Morgan fingerprint density at radius 2 is 1.87 bits per heavy atom. The summed E-state index contributed by atoms with van der Waals surface area (Å²) >= 11 is 0. The highest BCUT2D eigenvalue weighted by atomic mass is 32.2. The molecule has 158 valence electrons. The number of sulfonamides is 1. The summed E-state index contributed by atoms with van der Waals surface area (Å²) in [6.07, 6.45) is 0.189. The number of ether oxygens (including phenoxy) is 2. The number of benzene rings is 2. The standard InChI is InChI=1S/C22H24N2O5S/c1-28-18-9-7-16(8-10-18)12-24-15-22-14-23(21(25)17-5-3-2-4-6-17)13-19(29-22)11-20(22)30(24,26)27/h2-10,19-20H,11-15H2,1H3/t19-,20+,22+/m1/s1.